The fraction of sp³-hybridized carbons (Fsp3) is 0.348. The maximum atomic E-state index is 12.5. The number of hydrogen-bond donors (Lipinski definition) is 1. The van der Waals surface area contributed by atoms with Crippen LogP contribution < -0.4 is 10.1 Å². The number of aromatic nitrogens is 3. The van der Waals surface area contributed by atoms with Gasteiger partial charge in [0.1, 0.15) is 12.4 Å². The molecule has 6 nitrogen and oxygen atoms in total. The zero-order valence-corrected chi connectivity index (χ0v) is 18.6. The van der Waals surface area contributed by atoms with E-state index in [0.717, 1.165) is 42.4 Å². The number of hydrogen-bond acceptors (Lipinski definition) is 5. The summed E-state index contributed by atoms with van der Waals surface area (Å²) in [5.41, 5.74) is 3.61. The molecule has 1 fully saturated rings. The highest BCUT2D eigenvalue weighted by molar-refractivity contribution is 7.99. The van der Waals surface area contributed by atoms with Gasteiger partial charge in [0.05, 0.1) is 10.8 Å². The van der Waals surface area contributed by atoms with Crippen molar-refractivity contribution in [2.75, 3.05) is 11.1 Å². The number of nitrogens with zero attached hydrogens (tertiary/aromatic N) is 3. The minimum Gasteiger partial charge on any atom is -0.484 e. The van der Waals surface area contributed by atoms with Crippen LogP contribution in [0, 0.1) is 0 Å². The van der Waals surface area contributed by atoms with Gasteiger partial charge in [-0.3, -0.25) is 9.36 Å². The molecule has 2 aliphatic carbocycles. The Hall–Kier alpha value is -2.51. The molecule has 0 bridgehead atoms. The smallest absolute Gasteiger partial charge is 0.234 e. The zero-order valence-electron chi connectivity index (χ0n) is 17.0. The standard InChI is InChI=1S/C23H23ClN4O2S/c24-19-6-1-2-7-20(19)30-13-21-26-27-23(28(21)18-10-11-18)31-14-22(29)25-17-9-8-15-4-3-5-16(15)12-17/h1-2,6-9,12,18H,3-5,10-11,13-14H2,(H,25,29). The molecule has 0 saturated heterocycles. The average molecular weight is 455 g/mol. The first-order valence-corrected chi connectivity index (χ1v) is 11.9. The van der Waals surface area contributed by atoms with Crippen LogP contribution in [0.25, 0.3) is 0 Å². The second kappa shape index (κ2) is 8.93. The van der Waals surface area contributed by atoms with Crippen LogP contribution in [-0.2, 0) is 24.2 Å². The molecule has 1 N–H and O–H groups in total. The number of anilines is 1. The van der Waals surface area contributed by atoms with Crippen LogP contribution in [0.5, 0.6) is 5.75 Å². The van der Waals surface area contributed by atoms with Crippen LogP contribution >= 0.6 is 23.4 Å². The lowest BCUT2D eigenvalue weighted by Gasteiger charge is -2.11. The Labute approximate surface area is 190 Å². The van der Waals surface area contributed by atoms with Crippen molar-refractivity contribution in [3.63, 3.8) is 0 Å². The summed E-state index contributed by atoms with van der Waals surface area (Å²) < 4.78 is 7.95. The van der Waals surface area contributed by atoms with Crippen molar-refractivity contribution in [3.05, 3.63) is 64.4 Å². The van der Waals surface area contributed by atoms with Gasteiger partial charge in [-0.1, -0.05) is 41.6 Å². The van der Waals surface area contributed by atoms with Gasteiger partial charge in [-0.2, -0.15) is 0 Å². The van der Waals surface area contributed by atoms with Crippen molar-refractivity contribution in [1.82, 2.24) is 14.8 Å². The molecule has 1 amide bonds. The van der Waals surface area contributed by atoms with E-state index in [4.69, 9.17) is 16.3 Å². The van der Waals surface area contributed by atoms with Crippen molar-refractivity contribution >= 4 is 35.0 Å². The predicted octanol–water partition coefficient (Wildman–Crippen LogP) is 5.06. The number of thioether (sulfide) groups is 1. The molecule has 0 radical (unpaired) electrons. The maximum Gasteiger partial charge on any atom is 0.234 e. The Morgan fingerprint density at radius 2 is 2.00 bits per heavy atom. The van der Waals surface area contributed by atoms with Crippen molar-refractivity contribution in [2.45, 2.75) is 49.9 Å². The number of ether oxygens (including phenoxy) is 1. The summed E-state index contributed by atoms with van der Waals surface area (Å²) in [6.45, 7) is 0.287. The monoisotopic (exact) mass is 454 g/mol. The third-order valence-electron chi connectivity index (χ3n) is 5.56. The Morgan fingerprint density at radius 1 is 1.16 bits per heavy atom. The van der Waals surface area contributed by atoms with Crippen LogP contribution in [0.1, 0.15) is 42.3 Å². The van der Waals surface area contributed by atoms with E-state index in [2.05, 4.69) is 32.2 Å². The number of amides is 1. The second-order valence-corrected chi connectivity index (χ2v) is 9.24. The number of halogens is 1. The Balaban J connectivity index is 1.21. The maximum absolute atomic E-state index is 12.5. The highest BCUT2D eigenvalue weighted by Gasteiger charge is 2.30. The highest BCUT2D eigenvalue weighted by Crippen LogP contribution is 2.39. The molecule has 160 valence electrons. The molecule has 1 heterocycles. The number of para-hydroxylation sites is 1. The molecular weight excluding hydrogens is 432 g/mol. The molecule has 1 saturated carbocycles. The Kier molecular flexibility index (Phi) is 5.87. The number of fused-ring (bicyclic) bond motifs is 1. The van der Waals surface area contributed by atoms with Gasteiger partial charge < -0.3 is 10.1 Å². The van der Waals surface area contributed by atoms with Gasteiger partial charge in [0.2, 0.25) is 5.91 Å². The predicted molar refractivity (Wildman–Crippen MR) is 122 cm³/mol. The molecule has 1 aromatic heterocycles. The van der Waals surface area contributed by atoms with E-state index in [0.29, 0.717) is 16.8 Å². The van der Waals surface area contributed by atoms with E-state index in [-0.39, 0.29) is 18.3 Å². The molecule has 2 aliphatic rings. The van der Waals surface area contributed by atoms with E-state index in [1.54, 1.807) is 6.07 Å². The topological polar surface area (TPSA) is 69.0 Å². The molecule has 0 spiro atoms. The van der Waals surface area contributed by atoms with Crippen LogP contribution in [0.2, 0.25) is 5.02 Å². The minimum atomic E-state index is -0.0397. The summed E-state index contributed by atoms with van der Waals surface area (Å²) >= 11 is 7.59. The molecule has 8 heteroatoms. The third-order valence-corrected chi connectivity index (χ3v) is 6.81. The van der Waals surface area contributed by atoms with Crippen molar-refractivity contribution in [2.24, 2.45) is 0 Å². The van der Waals surface area contributed by atoms with Gasteiger partial charge in [-0.05, 0) is 67.5 Å². The summed E-state index contributed by atoms with van der Waals surface area (Å²) in [5, 5.41) is 13.0. The molecule has 0 unspecified atom stereocenters. The number of benzene rings is 2. The fourth-order valence-corrected chi connectivity index (χ4v) is 4.90. The van der Waals surface area contributed by atoms with Crippen LogP contribution in [0.3, 0.4) is 0 Å². The summed E-state index contributed by atoms with van der Waals surface area (Å²) in [5.74, 6) is 1.62. The Bertz CT molecular complexity index is 1110. The SMILES string of the molecule is O=C(CSc1nnc(COc2ccccc2Cl)n1C1CC1)Nc1ccc2c(c1)CCC2. The van der Waals surface area contributed by atoms with Crippen LogP contribution in [0.4, 0.5) is 5.69 Å². The molecule has 31 heavy (non-hydrogen) atoms. The van der Waals surface area contributed by atoms with Gasteiger partial charge in [0, 0.05) is 11.7 Å². The van der Waals surface area contributed by atoms with E-state index >= 15 is 0 Å². The summed E-state index contributed by atoms with van der Waals surface area (Å²) in [4.78, 5) is 12.5. The van der Waals surface area contributed by atoms with Gasteiger partial charge >= 0.3 is 0 Å². The minimum absolute atomic E-state index is 0.0397. The van der Waals surface area contributed by atoms with Gasteiger partial charge in [0.25, 0.3) is 0 Å². The van der Waals surface area contributed by atoms with Gasteiger partial charge in [-0.15, -0.1) is 10.2 Å². The third kappa shape index (κ3) is 4.72. The zero-order chi connectivity index (χ0) is 21.2. The average Bonchev–Trinajstić information content (AvgIpc) is 3.35. The highest BCUT2D eigenvalue weighted by atomic mass is 35.5. The van der Waals surface area contributed by atoms with Crippen molar-refractivity contribution in [3.8, 4) is 5.75 Å². The Morgan fingerprint density at radius 3 is 2.84 bits per heavy atom. The van der Waals surface area contributed by atoms with E-state index < -0.39 is 0 Å². The van der Waals surface area contributed by atoms with Gasteiger partial charge in [-0.25, -0.2) is 0 Å². The van der Waals surface area contributed by atoms with E-state index in [9.17, 15) is 4.79 Å². The van der Waals surface area contributed by atoms with Crippen LogP contribution in [-0.4, -0.2) is 26.4 Å². The lowest BCUT2D eigenvalue weighted by molar-refractivity contribution is -0.113. The molecule has 0 aliphatic heterocycles. The molecule has 2 aromatic carbocycles. The van der Waals surface area contributed by atoms with Crippen molar-refractivity contribution in [1.29, 1.82) is 0 Å². The fourth-order valence-electron chi connectivity index (χ4n) is 3.88. The summed E-state index contributed by atoms with van der Waals surface area (Å²) in [6, 6.07) is 14.0. The number of carbonyl (C=O) groups excluding carboxylic acids is 1. The first-order chi connectivity index (χ1) is 15.2. The summed E-state index contributed by atoms with van der Waals surface area (Å²) in [6.07, 6.45) is 5.61. The van der Waals surface area contributed by atoms with E-state index in [1.165, 1.54) is 29.3 Å². The lowest BCUT2D eigenvalue weighted by Crippen LogP contribution is -2.15. The largest absolute Gasteiger partial charge is 0.484 e. The van der Waals surface area contributed by atoms with Crippen LogP contribution in [0.15, 0.2) is 47.6 Å². The molecule has 3 aromatic rings. The number of nitrogens with one attached hydrogen (secondary N) is 1. The lowest BCUT2D eigenvalue weighted by atomic mass is 10.1. The van der Waals surface area contributed by atoms with E-state index in [1.807, 2.05) is 24.3 Å². The second-order valence-electron chi connectivity index (χ2n) is 7.89. The number of aryl methyl sites for hydroxylation is 2. The molecular formula is C23H23ClN4O2S. The first kappa shape index (κ1) is 20.4. The molecule has 5 rings (SSSR count). The summed E-state index contributed by atoms with van der Waals surface area (Å²) in [7, 11) is 0. The first-order valence-electron chi connectivity index (χ1n) is 10.5. The quantitative estimate of drug-likeness (QED) is 0.481. The molecule has 0 atom stereocenters. The number of rotatable bonds is 8. The number of carbonyl (C=O) groups is 1. The van der Waals surface area contributed by atoms with Crippen molar-refractivity contribution < 1.29 is 9.53 Å². The van der Waals surface area contributed by atoms with Gasteiger partial charge in [0.15, 0.2) is 11.0 Å². The normalized spacial score (nSPS) is 15.0.